The van der Waals surface area contributed by atoms with Crippen molar-refractivity contribution in [2.75, 3.05) is 19.8 Å². The third-order valence-electron chi connectivity index (χ3n) is 11.6. The highest BCUT2D eigenvalue weighted by atomic mass is 16.7. The topological polar surface area (TPSA) is 152 Å². The van der Waals surface area contributed by atoms with Crippen molar-refractivity contribution in [1.82, 2.24) is 0 Å². The number of aliphatic hydroxyl groups excluding tert-OH is 4. The minimum atomic E-state index is -1.60. The van der Waals surface area contributed by atoms with Crippen LogP contribution in [0.15, 0.2) is 72.9 Å². The molecule has 0 bridgehead atoms. The van der Waals surface area contributed by atoms with Crippen molar-refractivity contribution in [2.45, 2.75) is 243 Å². The number of allylic oxidation sites excluding steroid dienone is 12. The third kappa shape index (κ3) is 35.9. The minimum absolute atomic E-state index is 0.199. The van der Waals surface area contributed by atoms with E-state index in [2.05, 4.69) is 86.8 Å². The van der Waals surface area contributed by atoms with Gasteiger partial charge in [0.2, 0.25) is 0 Å². The minimum Gasteiger partial charge on any atom is -0.462 e. The zero-order valence-corrected chi connectivity index (χ0v) is 41.0. The highest BCUT2D eigenvalue weighted by Gasteiger charge is 2.44. The number of aliphatic hydroxyl groups is 4. The maximum absolute atomic E-state index is 12.8. The van der Waals surface area contributed by atoms with Gasteiger partial charge < -0.3 is 39.4 Å². The summed E-state index contributed by atoms with van der Waals surface area (Å²) in [5.74, 6) is -0.837. The molecule has 1 fully saturated rings. The fraction of sp³-hybridized carbons (Fsp3) is 0.745. The summed E-state index contributed by atoms with van der Waals surface area (Å²) in [7, 11) is 0. The number of unbranched alkanes of at least 4 members (excludes halogenated alkanes) is 20. The normalized spacial score (nSPS) is 19.9. The predicted octanol–water partition coefficient (Wildman–Crippen LogP) is 12.3. The van der Waals surface area contributed by atoms with E-state index in [-0.39, 0.29) is 32.0 Å². The summed E-state index contributed by atoms with van der Waals surface area (Å²) in [6, 6.07) is 0. The molecule has 0 aromatic carbocycles. The van der Waals surface area contributed by atoms with E-state index in [1.807, 2.05) is 0 Å². The average molecular weight is 915 g/mol. The second kappa shape index (κ2) is 44.9. The summed E-state index contributed by atoms with van der Waals surface area (Å²) in [5, 5.41) is 40.2. The maximum atomic E-state index is 12.8. The molecule has 1 saturated heterocycles. The predicted molar refractivity (Wildman–Crippen MR) is 265 cm³/mol. The molecule has 0 saturated carbocycles. The van der Waals surface area contributed by atoms with Gasteiger partial charge in [0.25, 0.3) is 0 Å². The second-order valence-electron chi connectivity index (χ2n) is 17.6. The van der Waals surface area contributed by atoms with Crippen LogP contribution in [0.1, 0.15) is 206 Å². The molecule has 0 radical (unpaired) electrons. The van der Waals surface area contributed by atoms with Gasteiger partial charge in [-0.1, -0.05) is 183 Å². The quantitative estimate of drug-likeness (QED) is 0.0264. The van der Waals surface area contributed by atoms with Crippen LogP contribution in [-0.4, -0.2) is 89.0 Å². The van der Waals surface area contributed by atoms with Crippen LogP contribution in [0, 0.1) is 0 Å². The van der Waals surface area contributed by atoms with E-state index >= 15 is 0 Å². The fourth-order valence-electron chi connectivity index (χ4n) is 7.50. The van der Waals surface area contributed by atoms with Gasteiger partial charge in [-0.15, -0.1) is 0 Å². The van der Waals surface area contributed by atoms with E-state index in [1.54, 1.807) is 0 Å². The molecule has 374 valence electrons. The summed E-state index contributed by atoms with van der Waals surface area (Å²) in [6.07, 6.45) is 50.5. The van der Waals surface area contributed by atoms with E-state index in [4.69, 9.17) is 18.9 Å². The van der Waals surface area contributed by atoms with Crippen molar-refractivity contribution in [1.29, 1.82) is 0 Å². The molecule has 6 unspecified atom stereocenters. The van der Waals surface area contributed by atoms with Crippen molar-refractivity contribution >= 4 is 11.9 Å². The smallest absolute Gasteiger partial charge is 0.306 e. The molecular weight excluding hydrogens is 821 g/mol. The van der Waals surface area contributed by atoms with E-state index < -0.39 is 49.4 Å². The van der Waals surface area contributed by atoms with E-state index in [0.29, 0.717) is 6.42 Å². The zero-order chi connectivity index (χ0) is 47.3. The first-order valence-electron chi connectivity index (χ1n) is 26.0. The lowest BCUT2D eigenvalue weighted by atomic mass is 9.99. The maximum Gasteiger partial charge on any atom is 0.306 e. The molecule has 0 spiro atoms. The highest BCUT2D eigenvalue weighted by molar-refractivity contribution is 5.70. The molecule has 10 nitrogen and oxygen atoms in total. The molecule has 65 heavy (non-hydrogen) atoms. The Kier molecular flexibility index (Phi) is 41.6. The second-order valence-corrected chi connectivity index (χ2v) is 17.6. The molecule has 0 aromatic rings. The van der Waals surface area contributed by atoms with Crippen LogP contribution in [0.2, 0.25) is 0 Å². The Bertz CT molecular complexity index is 1290. The third-order valence-corrected chi connectivity index (χ3v) is 11.6. The Hall–Kier alpha value is -2.86. The number of carbonyl (C=O) groups is 2. The summed E-state index contributed by atoms with van der Waals surface area (Å²) >= 11 is 0. The summed E-state index contributed by atoms with van der Waals surface area (Å²) in [4.78, 5) is 25.5. The Morgan fingerprint density at radius 1 is 0.492 bits per heavy atom. The standard InChI is InChI=1S/C55H94O10/c1-3-5-7-9-11-13-15-17-19-21-22-23-24-25-26-28-29-31-33-35-37-39-41-43-50(57)62-46-48(47-63-55-54(61)53(60)52(59)49(45-56)65-55)64-51(58)44-42-40-38-36-34-32-30-27-20-18-16-14-12-10-8-6-4-2/h6,8,12,14-15,17-18,20-22,30,32,48-49,52-56,59-61H,3-5,7,9-11,13,16,19,23-29,31,33-47H2,1-2H3/b8-6-,14-12-,17-15-,20-18-,22-21-,32-30-. The Morgan fingerprint density at radius 2 is 0.908 bits per heavy atom. The lowest BCUT2D eigenvalue weighted by molar-refractivity contribution is -0.305. The van der Waals surface area contributed by atoms with Crippen LogP contribution in [0.5, 0.6) is 0 Å². The molecule has 4 N–H and O–H groups in total. The van der Waals surface area contributed by atoms with Crippen LogP contribution in [0.3, 0.4) is 0 Å². The van der Waals surface area contributed by atoms with Gasteiger partial charge in [0.1, 0.15) is 31.0 Å². The van der Waals surface area contributed by atoms with Crippen LogP contribution < -0.4 is 0 Å². The molecule has 0 aromatic heterocycles. The first kappa shape index (κ1) is 60.2. The summed E-state index contributed by atoms with van der Waals surface area (Å²) in [6.45, 7) is 3.28. The Morgan fingerprint density at radius 3 is 1.37 bits per heavy atom. The summed E-state index contributed by atoms with van der Waals surface area (Å²) in [5.41, 5.74) is 0. The SMILES string of the molecule is CC/C=C\C/C=C\C/C=C\C/C=C\CCCCCCC(=O)OC(COC(=O)CCCCCCCCCCCCC/C=C\C/C=C\CCCCCCC)COC1OC(CO)C(O)C(O)C1O. The molecular formula is C55H94O10. The molecule has 0 amide bonds. The van der Waals surface area contributed by atoms with Crippen LogP contribution in [-0.2, 0) is 28.5 Å². The van der Waals surface area contributed by atoms with Crippen LogP contribution in [0.4, 0.5) is 0 Å². The highest BCUT2D eigenvalue weighted by Crippen LogP contribution is 2.23. The van der Waals surface area contributed by atoms with Gasteiger partial charge in [0, 0.05) is 12.8 Å². The van der Waals surface area contributed by atoms with Crippen molar-refractivity contribution in [3.63, 3.8) is 0 Å². The number of hydrogen-bond acceptors (Lipinski definition) is 10. The number of carbonyl (C=O) groups excluding carboxylic acids is 2. The monoisotopic (exact) mass is 915 g/mol. The van der Waals surface area contributed by atoms with E-state index in [0.717, 1.165) is 83.5 Å². The van der Waals surface area contributed by atoms with Gasteiger partial charge in [-0.3, -0.25) is 9.59 Å². The first-order valence-corrected chi connectivity index (χ1v) is 26.0. The molecule has 10 heteroatoms. The molecule has 6 atom stereocenters. The number of ether oxygens (including phenoxy) is 4. The van der Waals surface area contributed by atoms with Gasteiger partial charge in [0.15, 0.2) is 12.4 Å². The van der Waals surface area contributed by atoms with Gasteiger partial charge in [-0.25, -0.2) is 0 Å². The Labute approximate surface area is 395 Å². The molecule has 1 aliphatic heterocycles. The van der Waals surface area contributed by atoms with Gasteiger partial charge in [-0.05, 0) is 83.5 Å². The van der Waals surface area contributed by atoms with E-state index in [9.17, 15) is 30.0 Å². The van der Waals surface area contributed by atoms with Crippen molar-refractivity contribution < 1.29 is 49.0 Å². The number of rotatable bonds is 43. The fourth-order valence-corrected chi connectivity index (χ4v) is 7.50. The van der Waals surface area contributed by atoms with Crippen molar-refractivity contribution in [2.24, 2.45) is 0 Å². The number of esters is 2. The van der Waals surface area contributed by atoms with Crippen molar-refractivity contribution in [3.8, 4) is 0 Å². The largest absolute Gasteiger partial charge is 0.462 e. The lowest BCUT2D eigenvalue weighted by Crippen LogP contribution is -2.59. The Balaban J connectivity index is 2.26. The number of hydrogen-bond donors (Lipinski definition) is 4. The molecule has 1 aliphatic rings. The zero-order valence-electron chi connectivity index (χ0n) is 41.0. The van der Waals surface area contributed by atoms with Gasteiger partial charge in [-0.2, -0.15) is 0 Å². The van der Waals surface area contributed by atoms with Crippen LogP contribution in [0.25, 0.3) is 0 Å². The lowest BCUT2D eigenvalue weighted by Gasteiger charge is -2.39. The first-order chi connectivity index (χ1) is 31.8. The van der Waals surface area contributed by atoms with Gasteiger partial charge in [0.05, 0.1) is 13.2 Å². The average Bonchev–Trinajstić information content (AvgIpc) is 3.30. The molecule has 1 heterocycles. The van der Waals surface area contributed by atoms with E-state index in [1.165, 1.54) is 89.9 Å². The van der Waals surface area contributed by atoms with Gasteiger partial charge >= 0.3 is 11.9 Å². The molecule has 0 aliphatic carbocycles. The molecule has 1 rings (SSSR count). The summed E-state index contributed by atoms with van der Waals surface area (Å²) < 4.78 is 22.2. The van der Waals surface area contributed by atoms with Crippen LogP contribution >= 0.6 is 0 Å². The van der Waals surface area contributed by atoms with Crippen molar-refractivity contribution in [3.05, 3.63) is 72.9 Å².